The summed E-state index contributed by atoms with van der Waals surface area (Å²) in [5, 5.41) is 3.22. The second kappa shape index (κ2) is 6.27. The van der Waals surface area contributed by atoms with E-state index in [2.05, 4.69) is 22.4 Å². The van der Waals surface area contributed by atoms with Gasteiger partial charge in [-0.2, -0.15) is 0 Å². The van der Waals surface area contributed by atoms with Crippen LogP contribution in [0.3, 0.4) is 0 Å². The Balaban J connectivity index is 1.49. The molecule has 4 unspecified atom stereocenters. The summed E-state index contributed by atoms with van der Waals surface area (Å²) in [6.45, 7) is 0. The predicted molar refractivity (Wildman–Crippen MR) is 92.1 cm³/mol. The van der Waals surface area contributed by atoms with Crippen molar-refractivity contribution in [3.63, 3.8) is 0 Å². The van der Waals surface area contributed by atoms with Gasteiger partial charge in [-0.05, 0) is 66.8 Å². The first-order valence-electron chi connectivity index (χ1n) is 8.62. The fourth-order valence-electron chi connectivity index (χ4n) is 4.58. The number of amides is 1. The van der Waals surface area contributed by atoms with Crippen LogP contribution in [-0.4, -0.2) is 24.0 Å². The summed E-state index contributed by atoms with van der Waals surface area (Å²) < 4.78 is 5.26. The van der Waals surface area contributed by atoms with Crippen LogP contribution < -0.4 is 10.1 Å². The number of methoxy groups -OCH3 is 1. The van der Waals surface area contributed by atoms with Gasteiger partial charge < -0.3 is 10.1 Å². The standard InChI is InChI=1S/C20H22N2O2/c1-24-15-8-5-13(6-9-15)19-14-7-10-16(19)18(12-14)22-20(23)17-4-2-3-11-21-17/h2-6,8-9,11,14,16,18-19H,7,10,12H2,1H3,(H,22,23). The minimum absolute atomic E-state index is 0.0540. The molecule has 2 aliphatic carbocycles. The summed E-state index contributed by atoms with van der Waals surface area (Å²) in [6.07, 6.45) is 5.18. The minimum Gasteiger partial charge on any atom is -0.497 e. The maximum Gasteiger partial charge on any atom is 0.270 e. The van der Waals surface area contributed by atoms with Crippen LogP contribution in [0.1, 0.15) is 41.2 Å². The van der Waals surface area contributed by atoms with Crippen LogP contribution in [0.15, 0.2) is 48.7 Å². The van der Waals surface area contributed by atoms with Gasteiger partial charge in [-0.15, -0.1) is 0 Å². The van der Waals surface area contributed by atoms with Crippen LogP contribution in [0.5, 0.6) is 5.75 Å². The number of rotatable bonds is 4. The lowest BCUT2D eigenvalue weighted by Crippen LogP contribution is -2.39. The molecule has 1 aromatic heterocycles. The van der Waals surface area contributed by atoms with Gasteiger partial charge in [0.15, 0.2) is 0 Å². The highest BCUT2D eigenvalue weighted by Gasteiger charge is 2.48. The molecule has 2 bridgehead atoms. The first kappa shape index (κ1) is 15.2. The molecule has 1 amide bonds. The van der Waals surface area contributed by atoms with E-state index >= 15 is 0 Å². The van der Waals surface area contributed by atoms with Crippen molar-refractivity contribution in [2.75, 3.05) is 7.11 Å². The zero-order valence-corrected chi connectivity index (χ0v) is 13.8. The van der Waals surface area contributed by atoms with Gasteiger partial charge in [-0.3, -0.25) is 9.78 Å². The molecule has 1 aromatic carbocycles. The monoisotopic (exact) mass is 322 g/mol. The number of nitrogens with one attached hydrogen (secondary N) is 1. The average molecular weight is 322 g/mol. The predicted octanol–water partition coefficient (Wildman–Crippen LogP) is 3.40. The van der Waals surface area contributed by atoms with Crippen LogP contribution in [-0.2, 0) is 0 Å². The lowest BCUT2D eigenvalue weighted by molar-refractivity contribution is 0.0917. The fourth-order valence-corrected chi connectivity index (χ4v) is 4.58. The number of pyridine rings is 1. The third-order valence-electron chi connectivity index (χ3n) is 5.63. The Kier molecular flexibility index (Phi) is 3.97. The van der Waals surface area contributed by atoms with E-state index in [1.54, 1.807) is 19.4 Å². The van der Waals surface area contributed by atoms with Crippen LogP contribution >= 0.6 is 0 Å². The molecular formula is C20H22N2O2. The lowest BCUT2D eigenvalue weighted by atomic mass is 9.89. The van der Waals surface area contributed by atoms with Crippen molar-refractivity contribution in [3.05, 3.63) is 59.9 Å². The molecule has 0 aliphatic heterocycles. The Morgan fingerprint density at radius 1 is 1.17 bits per heavy atom. The largest absolute Gasteiger partial charge is 0.497 e. The highest BCUT2D eigenvalue weighted by atomic mass is 16.5. The van der Waals surface area contributed by atoms with Gasteiger partial charge in [-0.1, -0.05) is 18.2 Å². The molecule has 1 heterocycles. The summed E-state index contributed by atoms with van der Waals surface area (Å²) in [4.78, 5) is 16.6. The number of fused-ring (bicyclic) bond motifs is 2. The number of hydrogen-bond donors (Lipinski definition) is 1. The molecule has 4 heteroatoms. The maximum atomic E-state index is 12.4. The van der Waals surface area contributed by atoms with Crippen LogP contribution in [0.4, 0.5) is 0 Å². The molecule has 0 radical (unpaired) electrons. The van der Waals surface area contributed by atoms with Gasteiger partial charge in [0.1, 0.15) is 11.4 Å². The zero-order chi connectivity index (χ0) is 16.5. The molecule has 2 aliphatic rings. The molecule has 2 saturated carbocycles. The van der Waals surface area contributed by atoms with Gasteiger partial charge in [0, 0.05) is 12.2 Å². The second-order valence-corrected chi connectivity index (χ2v) is 6.83. The van der Waals surface area contributed by atoms with Crippen molar-refractivity contribution in [2.24, 2.45) is 11.8 Å². The quantitative estimate of drug-likeness (QED) is 0.938. The molecule has 124 valence electrons. The molecular weight excluding hydrogens is 300 g/mol. The van der Waals surface area contributed by atoms with Crippen molar-refractivity contribution in [1.29, 1.82) is 0 Å². The Hall–Kier alpha value is -2.36. The summed E-state index contributed by atoms with van der Waals surface area (Å²) in [6, 6.07) is 14.1. The van der Waals surface area contributed by atoms with Crippen LogP contribution in [0, 0.1) is 11.8 Å². The molecule has 4 nitrogen and oxygen atoms in total. The highest BCUT2D eigenvalue weighted by Crippen LogP contribution is 2.54. The highest BCUT2D eigenvalue weighted by molar-refractivity contribution is 5.92. The molecule has 4 rings (SSSR count). The van der Waals surface area contributed by atoms with E-state index in [-0.39, 0.29) is 11.9 Å². The number of hydrogen-bond acceptors (Lipinski definition) is 3. The van der Waals surface area contributed by atoms with Gasteiger partial charge in [0.25, 0.3) is 5.91 Å². The van der Waals surface area contributed by atoms with Crippen LogP contribution in [0.25, 0.3) is 0 Å². The van der Waals surface area contributed by atoms with Gasteiger partial charge in [0.05, 0.1) is 7.11 Å². The van der Waals surface area contributed by atoms with Crippen molar-refractivity contribution < 1.29 is 9.53 Å². The summed E-state index contributed by atoms with van der Waals surface area (Å²) in [5.41, 5.74) is 1.87. The minimum atomic E-state index is -0.0540. The molecule has 2 aromatic rings. The van der Waals surface area contributed by atoms with E-state index < -0.39 is 0 Å². The number of ether oxygens (including phenoxy) is 1. The van der Waals surface area contributed by atoms with Crippen molar-refractivity contribution in [1.82, 2.24) is 10.3 Å². The third kappa shape index (κ3) is 2.66. The molecule has 0 spiro atoms. The zero-order valence-electron chi connectivity index (χ0n) is 13.8. The lowest BCUT2D eigenvalue weighted by Gasteiger charge is -2.23. The molecule has 4 atom stereocenters. The van der Waals surface area contributed by atoms with Crippen molar-refractivity contribution in [3.8, 4) is 5.75 Å². The molecule has 2 fully saturated rings. The number of nitrogens with zero attached hydrogens (tertiary/aromatic N) is 1. The Labute approximate surface area is 142 Å². The van der Waals surface area contributed by atoms with Crippen LogP contribution in [0.2, 0.25) is 0 Å². The van der Waals surface area contributed by atoms with Gasteiger partial charge >= 0.3 is 0 Å². The van der Waals surface area contributed by atoms with Gasteiger partial charge in [0.2, 0.25) is 0 Å². The fraction of sp³-hybridized carbons (Fsp3) is 0.400. The summed E-state index contributed by atoms with van der Waals surface area (Å²) in [5.74, 6) is 2.57. The Morgan fingerprint density at radius 3 is 2.71 bits per heavy atom. The van der Waals surface area contributed by atoms with E-state index in [1.165, 1.54) is 18.4 Å². The Morgan fingerprint density at radius 2 is 2.00 bits per heavy atom. The van der Waals surface area contributed by atoms with E-state index in [0.29, 0.717) is 23.4 Å². The van der Waals surface area contributed by atoms with Crippen molar-refractivity contribution in [2.45, 2.75) is 31.2 Å². The number of carbonyl (C=O) groups excluding carboxylic acids is 1. The summed E-state index contributed by atoms with van der Waals surface area (Å²) >= 11 is 0. The first-order chi connectivity index (χ1) is 11.8. The van der Waals surface area contributed by atoms with Gasteiger partial charge in [-0.25, -0.2) is 0 Å². The maximum absolute atomic E-state index is 12.4. The Bertz CT molecular complexity index is 714. The van der Waals surface area contributed by atoms with E-state index in [4.69, 9.17) is 4.74 Å². The molecule has 0 saturated heterocycles. The second-order valence-electron chi connectivity index (χ2n) is 6.83. The smallest absolute Gasteiger partial charge is 0.270 e. The topological polar surface area (TPSA) is 51.2 Å². The summed E-state index contributed by atoms with van der Waals surface area (Å²) in [7, 11) is 1.69. The number of aromatic nitrogens is 1. The average Bonchev–Trinajstić information content (AvgIpc) is 3.20. The van der Waals surface area contributed by atoms with E-state index in [9.17, 15) is 4.79 Å². The number of carbonyl (C=O) groups is 1. The molecule has 24 heavy (non-hydrogen) atoms. The van der Waals surface area contributed by atoms with Crippen molar-refractivity contribution >= 4 is 5.91 Å². The third-order valence-corrected chi connectivity index (χ3v) is 5.63. The SMILES string of the molecule is COc1ccc(C2C3CCC2C(NC(=O)c2ccccn2)C3)cc1. The van der Waals surface area contributed by atoms with E-state index in [1.807, 2.05) is 24.3 Å². The molecule has 1 N–H and O–H groups in total. The number of benzene rings is 1. The normalized spacial score (nSPS) is 27.9. The first-order valence-corrected chi connectivity index (χ1v) is 8.62. The van der Waals surface area contributed by atoms with E-state index in [0.717, 1.165) is 12.2 Å².